The van der Waals surface area contributed by atoms with Crippen LogP contribution in [-0.2, 0) is 4.74 Å². The minimum Gasteiger partial charge on any atom is -0.465 e. The summed E-state index contributed by atoms with van der Waals surface area (Å²) in [6.45, 7) is 0. The number of aromatic nitrogens is 1. The van der Waals surface area contributed by atoms with Gasteiger partial charge in [-0.15, -0.1) is 0 Å². The van der Waals surface area contributed by atoms with E-state index >= 15 is 0 Å². The molecule has 1 heterocycles. The SMILES string of the molecule is COC(=O)c1cc([N+](=O)[O-])c(Cl)nc1N. The van der Waals surface area contributed by atoms with Crippen molar-refractivity contribution in [1.82, 2.24) is 4.98 Å². The summed E-state index contributed by atoms with van der Waals surface area (Å²) >= 11 is 5.46. The Bertz CT molecular complexity index is 434. The molecule has 8 heteroatoms. The molecule has 1 rings (SSSR count). The molecule has 0 fully saturated rings. The Kier molecular flexibility index (Phi) is 3.05. The molecule has 0 bridgehead atoms. The number of esters is 1. The Labute approximate surface area is 89.0 Å². The zero-order chi connectivity index (χ0) is 11.6. The van der Waals surface area contributed by atoms with Gasteiger partial charge in [0.25, 0.3) is 0 Å². The lowest BCUT2D eigenvalue weighted by Gasteiger charge is -2.03. The molecule has 1 aromatic heterocycles. The van der Waals surface area contributed by atoms with E-state index in [0.717, 1.165) is 13.2 Å². The van der Waals surface area contributed by atoms with Gasteiger partial charge in [-0.05, 0) is 0 Å². The van der Waals surface area contributed by atoms with Gasteiger partial charge in [-0.1, -0.05) is 11.6 Å². The molecule has 0 saturated carbocycles. The quantitative estimate of drug-likeness (QED) is 0.352. The molecule has 80 valence electrons. The fourth-order valence-electron chi connectivity index (χ4n) is 0.895. The average Bonchev–Trinajstić information content (AvgIpc) is 2.16. The topological polar surface area (TPSA) is 108 Å². The van der Waals surface area contributed by atoms with Crippen LogP contribution in [0.3, 0.4) is 0 Å². The van der Waals surface area contributed by atoms with Gasteiger partial charge in [-0.25, -0.2) is 9.78 Å². The van der Waals surface area contributed by atoms with E-state index in [1.807, 2.05) is 0 Å². The van der Waals surface area contributed by atoms with E-state index in [4.69, 9.17) is 17.3 Å². The Hall–Kier alpha value is -1.89. The van der Waals surface area contributed by atoms with Gasteiger partial charge >= 0.3 is 11.7 Å². The highest BCUT2D eigenvalue weighted by molar-refractivity contribution is 6.31. The Morgan fingerprint density at radius 2 is 2.33 bits per heavy atom. The molecule has 0 aliphatic carbocycles. The summed E-state index contributed by atoms with van der Waals surface area (Å²) in [4.78, 5) is 24.3. The van der Waals surface area contributed by atoms with Gasteiger partial charge in [-0.2, -0.15) is 0 Å². The van der Waals surface area contributed by atoms with Crippen LogP contribution < -0.4 is 5.73 Å². The molecular weight excluding hydrogens is 226 g/mol. The first-order chi connectivity index (χ1) is 6.97. The van der Waals surface area contributed by atoms with E-state index in [2.05, 4.69) is 9.72 Å². The van der Waals surface area contributed by atoms with Crippen molar-refractivity contribution in [2.75, 3.05) is 12.8 Å². The fourth-order valence-corrected chi connectivity index (χ4v) is 1.11. The highest BCUT2D eigenvalue weighted by atomic mass is 35.5. The van der Waals surface area contributed by atoms with E-state index in [-0.39, 0.29) is 16.5 Å². The van der Waals surface area contributed by atoms with E-state index in [0.29, 0.717) is 0 Å². The van der Waals surface area contributed by atoms with Crippen LogP contribution in [0, 0.1) is 10.1 Å². The third-order valence-electron chi connectivity index (χ3n) is 1.59. The molecule has 0 atom stereocenters. The van der Waals surface area contributed by atoms with Gasteiger partial charge in [0, 0.05) is 6.07 Å². The number of nitrogens with zero attached hydrogens (tertiary/aromatic N) is 2. The summed E-state index contributed by atoms with van der Waals surface area (Å²) in [6, 6.07) is 0.927. The van der Waals surface area contributed by atoms with Crippen LogP contribution in [0.4, 0.5) is 11.5 Å². The zero-order valence-electron chi connectivity index (χ0n) is 7.56. The molecule has 0 spiro atoms. The number of ether oxygens (including phenoxy) is 1. The molecule has 0 aliphatic rings. The van der Waals surface area contributed by atoms with Gasteiger partial charge in [-0.3, -0.25) is 10.1 Å². The van der Waals surface area contributed by atoms with E-state index in [1.54, 1.807) is 0 Å². The minimum atomic E-state index is -0.806. The number of hydrogen-bond donors (Lipinski definition) is 1. The van der Waals surface area contributed by atoms with Crippen molar-refractivity contribution in [3.8, 4) is 0 Å². The van der Waals surface area contributed by atoms with E-state index in [9.17, 15) is 14.9 Å². The number of methoxy groups -OCH3 is 1. The summed E-state index contributed by atoms with van der Waals surface area (Å²) < 4.78 is 4.37. The van der Waals surface area contributed by atoms with Gasteiger partial charge in [0.1, 0.15) is 11.4 Å². The number of nitrogen functional groups attached to an aromatic ring is 1. The van der Waals surface area contributed by atoms with Crippen LogP contribution >= 0.6 is 11.6 Å². The summed E-state index contributed by atoms with van der Waals surface area (Å²) in [5, 5.41) is 10.1. The number of anilines is 1. The van der Waals surface area contributed by atoms with Crippen LogP contribution in [0.1, 0.15) is 10.4 Å². The summed E-state index contributed by atoms with van der Waals surface area (Å²) in [7, 11) is 1.13. The Balaban J connectivity index is 3.36. The van der Waals surface area contributed by atoms with Gasteiger partial charge in [0.15, 0.2) is 0 Å². The third kappa shape index (κ3) is 2.13. The second-order valence-electron chi connectivity index (χ2n) is 2.48. The van der Waals surface area contributed by atoms with Crippen LogP contribution in [0.25, 0.3) is 0 Å². The second-order valence-corrected chi connectivity index (χ2v) is 2.84. The maximum Gasteiger partial charge on any atom is 0.341 e. The number of rotatable bonds is 2. The predicted molar refractivity (Wildman–Crippen MR) is 51.7 cm³/mol. The highest BCUT2D eigenvalue weighted by Crippen LogP contribution is 2.26. The smallest absolute Gasteiger partial charge is 0.341 e. The number of carbonyl (C=O) groups is 1. The predicted octanol–water partition coefficient (Wildman–Crippen LogP) is 1.01. The van der Waals surface area contributed by atoms with Crippen molar-refractivity contribution in [2.45, 2.75) is 0 Å². The van der Waals surface area contributed by atoms with Gasteiger partial charge < -0.3 is 10.5 Å². The lowest BCUT2D eigenvalue weighted by molar-refractivity contribution is -0.385. The maximum absolute atomic E-state index is 11.1. The largest absolute Gasteiger partial charge is 0.465 e. The zero-order valence-corrected chi connectivity index (χ0v) is 8.32. The van der Waals surface area contributed by atoms with Crippen molar-refractivity contribution >= 4 is 29.1 Å². The van der Waals surface area contributed by atoms with Crippen LogP contribution in [0.15, 0.2) is 6.07 Å². The fraction of sp³-hybridized carbons (Fsp3) is 0.143. The number of nitro groups is 1. The first-order valence-corrected chi connectivity index (χ1v) is 4.04. The van der Waals surface area contributed by atoms with Crippen molar-refractivity contribution < 1.29 is 14.5 Å². The van der Waals surface area contributed by atoms with Crippen molar-refractivity contribution in [1.29, 1.82) is 0 Å². The molecule has 2 N–H and O–H groups in total. The van der Waals surface area contributed by atoms with E-state index in [1.165, 1.54) is 0 Å². The Morgan fingerprint density at radius 3 is 2.80 bits per heavy atom. The van der Waals surface area contributed by atoms with Gasteiger partial charge in [0.2, 0.25) is 5.15 Å². The maximum atomic E-state index is 11.1. The standard InChI is InChI=1S/C7H6ClN3O4/c1-15-7(12)3-2-4(11(13)14)5(8)10-6(3)9/h2H,1H3,(H2,9,10). The normalized spacial score (nSPS) is 9.73. The molecule has 0 saturated heterocycles. The Morgan fingerprint density at radius 1 is 1.73 bits per heavy atom. The van der Waals surface area contributed by atoms with Crippen molar-refractivity contribution in [2.24, 2.45) is 0 Å². The molecule has 7 nitrogen and oxygen atoms in total. The van der Waals surface area contributed by atoms with Crippen molar-refractivity contribution in [3.05, 3.63) is 26.9 Å². The molecule has 1 aromatic rings. The van der Waals surface area contributed by atoms with Gasteiger partial charge in [0.05, 0.1) is 12.0 Å². The molecule has 0 radical (unpaired) electrons. The first-order valence-electron chi connectivity index (χ1n) is 3.66. The molecule has 0 unspecified atom stereocenters. The number of hydrogen-bond acceptors (Lipinski definition) is 6. The summed E-state index contributed by atoms with van der Waals surface area (Å²) in [5.74, 6) is -1.02. The van der Waals surface area contributed by atoms with Crippen LogP contribution in [0.5, 0.6) is 0 Å². The molecule has 0 amide bonds. The molecular formula is C7H6ClN3O4. The lowest BCUT2D eigenvalue weighted by Crippen LogP contribution is -2.08. The lowest BCUT2D eigenvalue weighted by atomic mass is 10.2. The number of halogens is 1. The summed E-state index contributed by atoms with van der Waals surface area (Å²) in [5.41, 5.74) is 4.67. The number of pyridine rings is 1. The highest BCUT2D eigenvalue weighted by Gasteiger charge is 2.21. The van der Waals surface area contributed by atoms with Crippen LogP contribution in [0.2, 0.25) is 5.15 Å². The average molecular weight is 232 g/mol. The minimum absolute atomic E-state index is 0.186. The summed E-state index contributed by atoms with van der Waals surface area (Å²) in [6.07, 6.45) is 0. The first kappa shape index (κ1) is 11.2. The molecule has 0 aliphatic heterocycles. The monoisotopic (exact) mass is 231 g/mol. The van der Waals surface area contributed by atoms with Crippen LogP contribution in [-0.4, -0.2) is 23.0 Å². The van der Waals surface area contributed by atoms with Crippen molar-refractivity contribution in [3.63, 3.8) is 0 Å². The molecule has 15 heavy (non-hydrogen) atoms. The van der Waals surface area contributed by atoms with E-state index < -0.39 is 16.6 Å². The number of nitrogens with two attached hydrogens (primary N) is 1. The second kappa shape index (κ2) is 4.09. The number of carbonyl (C=O) groups excluding carboxylic acids is 1. The third-order valence-corrected chi connectivity index (χ3v) is 1.87. The molecule has 0 aromatic carbocycles.